The summed E-state index contributed by atoms with van der Waals surface area (Å²) in [6.07, 6.45) is 1.65. The first-order valence-electron chi connectivity index (χ1n) is 8.14. The molecule has 0 aliphatic heterocycles. The quantitative estimate of drug-likeness (QED) is 0.679. The van der Waals surface area contributed by atoms with Crippen molar-refractivity contribution >= 4 is 11.3 Å². The van der Waals surface area contributed by atoms with Gasteiger partial charge in [-0.15, -0.1) is 11.3 Å². The van der Waals surface area contributed by atoms with Crippen molar-refractivity contribution in [3.8, 4) is 16.9 Å². The molecule has 3 aromatic rings. The molecule has 0 bridgehead atoms. The van der Waals surface area contributed by atoms with Crippen LogP contribution in [0.5, 0.6) is 5.75 Å². The van der Waals surface area contributed by atoms with Gasteiger partial charge in [-0.3, -0.25) is 0 Å². The minimum absolute atomic E-state index is 0.143. The topological polar surface area (TPSA) is 42.4 Å². The van der Waals surface area contributed by atoms with Gasteiger partial charge >= 0.3 is 0 Å². The average Bonchev–Trinajstić information content (AvgIpc) is 3.09. The first-order valence-corrected chi connectivity index (χ1v) is 8.95. The smallest absolute Gasteiger partial charge is 0.138 e. The number of aliphatic hydroxyl groups is 1. The van der Waals surface area contributed by atoms with Crippen LogP contribution < -0.4 is 4.74 Å². The monoisotopic (exact) mass is 375 g/mol. The van der Waals surface area contributed by atoms with Gasteiger partial charge in [0.05, 0.1) is 19.3 Å². The van der Waals surface area contributed by atoms with E-state index in [2.05, 4.69) is 4.98 Å². The zero-order chi connectivity index (χ0) is 18.8. The lowest BCUT2D eigenvalue weighted by Crippen LogP contribution is -2.02. The molecule has 0 radical (unpaired) electrons. The number of aryl methyl sites for hydroxylation is 1. The molecule has 0 unspecified atom stereocenters. The highest BCUT2D eigenvalue weighted by Crippen LogP contribution is 2.39. The number of aromatic nitrogens is 1. The summed E-state index contributed by atoms with van der Waals surface area (Å²) in [6.45, 7) is 3.49. The van der Waals surface area contributed by atoms with Crippen molar-refractivity contribution in [1.29, 1.82) is 0 Å². The number of methoxy groups -OCH3 is 1. The molecule has 0 fully saturated rings. The van der Waals surface area contributed by atoms with E-state index >= 15 is 4.39 Å². The molecule has 0 saturated carbocycles. The van der Waals surface area contributed by atoms with Crippen molar-refractivity contribution < 1.29 is 18.6 Å². The molecule has 3 rings (SSSR count). The van der Waals surface area contributed by atoms with Crippen LogP contribution in [-0.4, -0.2) is 17.2 Å². The number of thiazole rings is 1. The Morgan fingerprint density at radius 2 is 2.00 bits per heavy atom. The van der Waals surface area contributed by atoms with E-state index in [4.69, 9.17) is 4.74 Å². The molecule has 1 atom stereocenters. The van der Waals surface area contributed by atoms with Crippen LogP contribution in [0.2, 0.25) is 0 Å². The summed E-state index contributed by atoms with van der Waals surface area (Å²) in [7, 11) is 1.46. The van der Waals surface area contributed by atoms with Gasteiger partial charge in [-0.2, -0.15) is 0 Å². The first kappa shape index (κ1) is 18.5. The van der Waals surface area contributed by atoms with Crippen LogP contribution >= 0.6 is 11.3 Å². The largest absolute Gasteiger partial charge is 0.496 e. The third-order valence-corrected chi connectivity index (χ3v) is 5.45. The van der Waals surface area contributed by atoms with Gasteiger partial charge in [0.25, 0.3) is 0 Å². The number of rotatable bonds is 5. The summed E-state index contributed by atoms with van der Waals surface area (Å²) < 4.78 is 34.6. The normalized spacial score (nSPS) is 12.2. The number of benzene rings is 2. The molecule has 3 nitrogen and oxygen atoms in total. The van der Waals surface area contributed by atoms with Crippen molar-refractivity contribution in [3.63, 3.8) is 0 Å². The van der Waals surface area contributed by atoms with Gasteiger partial charge in [0, 0.05) is 17.0 Å². The third kappa shape index (κ3) is 3.48. The molecule has 0 amide bonds. The molecule has 6 heteroatoms. The van der Waals surface area contributed by atoms with Crippen LogP contribution in [0.4, 0.5) is 8.78 Å². The van der Waals surface area contributed by atoms with E-state index in [1.54, 1.807) is 31.3 Å². The number of aliphatic hydroxyl groups excluding tert-OH is 1. The molecular formula is C20H19F2NO2S. The highest BCUT2D eigenvalue weighted by molar-refractivity contribution is 7.11. The zero-order valence-electron chi connectivity index (χ0n) is 14.7. The standard InChI is InChI=1S/C20H19F2NO2S/c1-11-6-13(8-14(21)7-11)19-16(25-3)5-4-15(20(19)22)12(2)17-9-23-18(10-24)26-17/h4-9,12,24H,10H2,1-3H3/t12-/m1/s1. The van der Waals surface area contributed by atoms with E-state index in [-0.39, 0.29) is 18.1 Å². The maximum absolute atomic E-state index is 15.4. The van der Waals surface area contributed by atoms with Crippen LogP contribution in [0.3, 0.4) is 0 Å². The Kier molecular flexibility index (Phi) is 5.34. The molecule has 2 aromatic carbocycles. The molecule has 1 aromatic heterocycles. The minimum Gasteiger partial charge on any atom is -0.496 e. The lowest BCUT2D eigenvalue weighted by Gasteiger charge is -2.17. The van der Waals surface area contributed by atoms with Gasteiger partial charge in [0.2, 0.25) is 0 Å². The van der Waals surface area contributed by atoms with Crippen molar-refractivity contribution in [2.45, 2.75) is 26.4 Å². The Hall–Kier alpha value is -2.31. The van der Waals surface area contributed by atoms with Crippen LogP contribution in [0.15, 0.2) is 36.5 Å². The van der Waals surface area contributed by atoms with Crippen molar-refractivity contribution in [3.05, 3.63) is 69.2 Å². The van der Waals surface area contributed by atoms with E-state index in [1.807, 2.05) is 6.92 Å². The lowest BCUT2D eigenvalue weighted by atomic mass is 9.93. The molecule has 1 N–H and O–H groups in total. The van der Waals surface area contributed by atoms with Gasteiger partial charge in [0.15, 0.2) is 0 Å². The van der Waals surface area contributed by atoms with Gasteiger partial charge in [0.1, 0.15) is 22.4 Å². The molecule has 1 heterocycles. The second kappa shape index (κ2) is 7.51. The van der Waals surface area contributed by atoms with E-state index in [0.717, 1.165) is 4.88 Å². The van der Waals surface area contributed by atoms with Crippen LogP contribution in [0.1, 0.15) is 33.9 Å². The van der Waals surface area contributed by atoms with Crippen molar-refractivity contribution in [2.24, 2.45) is 0 Å². The second-order valence-electron chi connectivity index (χ2n) is 6.10. The number of ether oxygens (including phenoxy) is 1. The molecule has 0 saturated heterocycles. The second-order valence-corrected chi connectivity index (χ2v) is 7.25. The molecule has 0 aliphatic rings. The van der Waals surface area contributed by atoms with Gasteiger partial charge < -0.3 is 9.84 Å². The van der Waals surface area contributed by atoms with Crippen molar-refractivity contribution in [1.82, 2.24) is 4.98 Å². The maximum Gasteiger partial charge on any atom is 0.138 e. The zero-order valence-corrected chi connectivity index (χ0v) is 15.5. The van der Waals surface area contributed by atoms with E-state index in [9.17, 15) is 9.50 Å². The van der Waals surface area contributed by atoms with Crippen LogP contribution in [0.25, 0.3) is 11.1 Å². The molecule has 136 valence electrons. The summed E-state index contributed by atoms with van der Waals surface area (Å²) in [5.74, 6) is -0.772. The minimum atomic E-state index is -0.444. The maximum atomic E-state index is 15.4. The van der Waals surface area contributed by atoms with E-state index in [1.165, 1.54) is 30.6 Å². The highest BCUT2D eigenvalue weighted by Gasteiger charge is 2.22. The van der Waals surface area contributed by atoms with Crippen molar-refractivity contribution in [2.75, 3.05) is 7.11 Å². The number of hydrogen-bond donors (Lipinski definition) is 1. The van der Waals surface area contributed by atoms with Gasteiger partial charge in [-0.25, -0.2) is 13.8 Å². The number of halogens is 2. The highest BCUT2D eigenvalue weighted by atomic mass is 32.1. The molecular weight excluding hydrogens is 356 g/mol. The number of nitrogens with zero attached hydrogens (tertiary/aromatic N) is 1. The molecule has 0 spiro atoms. The lowest BCUT2D eigenvalue weighted by molar-refractivity contribution is 0.281. The molecule has 26 heavy (non-hydrogen) atoms. The summed E-state index contributed by atoms with van der Waals surface area (Å²) in [4.78, 5) is 4.97. The Balaban J connectivity index is 2.14. The van der Waals surface area contributed by atoms with E-state index in [0.29, 0.717) is 27.4 Å². The molecule has 0 aliphatic carbocycles. The first-order chi connectivity index (χ1) is 12.4. The Labute approximate surface area is 154 Å². The summed E-state index contributed by atoms with van der Waals surface area (Å²) in [5.41, 5.74) is 1.85. The number of hydrogen-bond acceptors (Lipinski definition) is 4. The summed E-state index contributed by atoms with van der Waals surface area (Å²) >= 11 is 1.34. The summed E-state index contributed by atoms with van der Waals surface area (Å²) in [5, 5.41) is 9.78. The van der Waals surface area contributed by atoms with Gasteiger partial charge in [-0.05, 0) is 41.8 Å². The Morgan fingerprint density at radius 1 is 1.23 bits per heavy atom. The average molecular weight is 375 g/mol. The summed E-state index contributed by atoms with van der Waals surface area (Å²) in [6, 6.07) is 7.80. The fourth-order valence-corrected chi connectivity index (χ4v) is 3.83. The SMILES string of the molecule is COc1ccc([C@@H](C)c2cnc(CO)s2)c(F)c1-c1cc(C)cc(F)c1. The fourth-order valence-electron chi connectivity index (χ4n) is 2.98. The van der Waals surface area contributed by atoms with Gasteiger partial charge in [-0.1, -0.05) is 19.1 Å². The van der Waals surface area contributed by atoms with E-state index < -0.39 is 11.6 Å². The third-order valence-electron chi connectivity index (χ3n) is 4.28. The Bertz CT molecular complexity index is 919. The van der Waals surface area contributed by atoms with Crippen LogP contribution in [-0.2, 0) is 6.61 Å². The van der Waals surface area contributed by atoms with Crippen LogP contribution in [0, 0.1) is 18.6 Å². The fraction of sp³-hybridized carbons (Fsp3) is 0.250. The Morgan fingerprint density at radius 3 is 2.62 bits per heavy atom. The predicted octanol–water partition coefficient (Wildman–Crippen LogP) is 5.05. The predicted molar refractivity (Wildman–Crippen MR) is 98.6 cm³/mol.